The van der Waals surface area contributed by atoms with E-state index in [2.05, 4.69) is 47.0 Å². The van der Waals surface area contributed by atoms with Gasteiger partial charge in [-0.3, -0.25) is 28.8 Å². The van der Waals surface area contributed by atoms with Crippen molar-refractivity contribution in [2.24, 2.45) is 34.4 Å². The van der Waals surface area contributed by atoms with Crippen molar-refractivity contribution in [1.29, 1.82) is 0 Å². The van der Waals surface area contributed by atoms with Gasteiger partial charge in [0.15, 0.2) is 0 Å². The minimum atomic E-state index is -2.19. The number of allylic oxidation sites excluding steroid dienone is 1. The molecule has 21 nitrogen and oxygen atoms in total. The van der Waals surface area contributed by atoms with Gasteiger partial charge in [0.25, 0.3) is 11.8 Å². The lowest BCUT2D eigenvalue weighted by Crippen LogP contribution is -2.63. The largest absolute Gasteiger partial charge is 0.508 e. The van der Waals surface area contributed by atoms with Crippen molar-refractivity contribution in [3.05, 3.63) is 71.9 Å². The fraction of sp³-hybridized carbons (Fsp3) is 0.638. The van der Waals surface area contributed by atoms with Crippen LogP contribution >= 0.6 is 11.8 Å². The number of phenols is 1. The summed E-state index contributed by atoms with van der Waals surface area (Å²) in [5, 5.41) is 89.0. The van der Waals surface area contributed by atoms with Crippen LogP contribution in [0.4, 0.5) is 0 Å². The second-order valence-electron chi connectivity index (χ2n) is 22.4. The number of unbranched alkanes of at least 4 members (excludes halogenated alkanes) is 5. The number of thioether (sulfide) groups is 1. The number of hydrogen-bond acceptors (Lipinski definition) is 16. The van der Waals surface area contributed by atoms with E-state index in [1.807, 2.05) is 43.3 Å². The van der Waals surface area contributed by atoms with Crippen LogP contribution < -0.4 is 27.0 Å². The molecule has 1 aliphatic carbocycles. The van der Waals surface area contributed by atoms with Crippen LogP contribution in [0.2, 0.25) is 0 Å². The number of aliphatic imine (C=N–C) groups is 1. The lowest BCUT2D eigenvalue weighted by Gasteiger charge is -2.36. The molecular formula is C58H86N8O13S. The molecule has 2 fully saturated rings. The zero-order valence-corrected chi connectivity index (χ0v) is 47.4. The van der Waals surface area contributed by atoms with Gasteiger partial charge in [-0.25, -0.2) is 4.99 Å². The Hall–Kier alpha value is -5.46. The van der Waals surface area contributed by atoms with Gasteiger partial charge in [0.2, 0.25) is 23.6 Å². The first kappa shape index (κ1) is 63.7. The van der Waals surface area contributed by atoms with Crippen LogP contribution in [-0.2, 0) is 28.8 Å². The first-order valence-corrected chi connectivity index (χ1v) is 29.5. The number of phenolic OH excluding ortho intramolecular Hbond substituents is 1. The second-order valence-corrected chi connectivity index (χ2v) is 23.6. The molecule has 4 aliphatic rings. The molecule has 2 aromatic rings. The van der Waals surface area contributed by atoms with Crippen molar-refractivity contribution in [1.82, 2.24) is 31.1 Å². The van der Waals surface area contributed by atoms with Crippen molar-refractivity contribution >= 4 is 52.9 Å². The van der Waals surface area contributed by atoms with Crippen LogP contribution in [0, 0.1) is 23.7 Å². The summed E-state index contributed by atoms with van der Waals surface area (Å²) in [6, 6.07) is 6.30. The van der Waals surface area contributed by atoms with E-state index in [4.69, 9.17) is 5.73 Å². The third-order valence-electron chi connectivity index (χ3n) is 16.2. The second kappa shape index (κ2) is 30.6. The number of nitrogens with two attached hydrogens (primary N) is 1. The van der Waals surface area contributed by atoms with Gasteiger partial charge in [0.1, 0.15) is 53.2 Å². The lowest BCUT2D eigenvalue weighted by atomic mass is 9.91. The normalized spacial score (nSPS) is 28.0. The van der Waals surface area contributed by atoms with Gasteiger partial charge in [0, 0.05) is 42.9 Å². The third kappa shape index (κ3) is 17.1. The highest BCUT2D eigenvalue weighted by molar-refractivity contribution is 8.00. The highest BCUT2D eigenvalue weighted by Gasteiger charge is 2.50. The molecule has 0 saturated carbocycles. The van der Waals surface area contributed by atoms with Crippen molar-refractivity contribution in [3.63, 3.8) is 0 Å². The quantitative estimate of drug-likeness (QED) is 0.0753. The summed E-state index contributed by atoms with van der Waals surface area (Å²) in [6.45, 7) is 7.16. The summed E-state index contributed by atoms with van der Waals surface area (Å²) >= 11 is 1.22. The zero-order valence-electron chi connectivity index (χ0n) is 46.6. The number of fused-ring (bicyclic) bond motifs is 1. The molecule has 1 unspecified atom stereocenters. The monoisotopic (exact) mass is 1130 g/mol. The van der Waals surface area contributed by atoms with Crippen LogP contribution in [0.5, 0.6) is 5.75 Å². The van der Waals surface area contributed by atoms with Crippen molar-refractivity contribution in [2.75, 3.05) is 26.2 Å². The van der Waals surface area contributed by atoms with Crippen molar-refractivity contribution in [2.45, 2.75) is 189 Å². The predicted octanol–water partition coefficient (Wildman–Crippen LogP) is 2.29. The Bertz CT molecular complexity index is 2450. The smallest absolute Gasteiger partial charge is 0.271 e. The fourth-order valence-corrected chi connectivity index (χ4v) is 12.5. The first-order chi connectivity index (χ1) is 38.2. The molecule has 2 aromatic carbocycles. The Morgan fingerprint density at radius 2 is 1.52 bits per heavy atom. The third-order valence-corrected chi connectivity index (χ3v) is 17.4. The molecule has 0 spiro atoms. The molecular weight excluding hydrogens is 1050 g/mol. The molecule has 13 N–H and O–H groups in total. The Balaban J connectivity index is 1.36. The van der Waals surface area contributed by atoms with Crippen molar-refractivity contribution < 1.29 is 64.5 Å². The molecule has 2 saturated heterocycles. The standard InChI is InChI=1S/C58H86N8O13S/c1-5-33(2)27-34(3)15-11-8-6-7-9-14-18-47(72)60-42-30-46(71)56(80-39-16-12-10-13-17-39)62-41-28-35(4)40-24-26-65(50(40)41)58(79)48(45(70)23-25-59)63-55(77)49(52(74)51(73)36-19-21-37(68)22-20-36)64-54(76)44-29-38(69)31-66(44)57(78)43(32-67)61-53(42)75/h10,12-13,16-17,19-22,28,33-35,38,40,42,44-46,48-52,56,62,67-71,73-74H,5-9,11,14-15,18,23-27,29-32,59H2,1-4H3,(H,60,72)(H,63,77)(H,64,76)/t33-,34+,35?,38+,40+,42-,44-,45+,46+,48-,49-,50-,51-,52-,56+/m0/s1. The number of benzene rings is 2. The molecule has 0 bridgehead atoms. The number of nitrogens with zero attached hydrogens (tertiary/aromatic N) is 3. The molecule has 0 radical (unpaired) electrons. The van der Waals surface area contributed by atoms with Crippen LogP contribution in [0.3, 0.4) is 0 Å². The number of aliphatic hydroxyl groups is 6. The molecule has 3 aliphatic heterocycles. The molecule has 15 atom stereocenters. The zero-order chi connectivity index (χ0) is 58.2. The summed E-state index contributed by atoms with van der Waals surface area (Å²) in [6.07, 6.45) is 1.85. The van der Waals surface area contributed by atoms with E-state index in [-0.39, 0.29) is 49.1 Å². The average Bonchev–Trinajstić information content (AvgIpc) is 4.33. The van der Waals surface area contributed by atoms with E-state index in [0.717, 1.165) is 37.0 Å². The highest BCUT2D eigenvalue weighted by Crippen LogP contribution is 2.42. The minimum Gasteiger partial charge on any atom is -0.508 e. The van der Waals surface area contributed by atoms with Crippen LogP contribution in [-0.4, -0.2) is 173 Å². The van der Waals surface area contributed by atoms with E-state index in [1.165, 1.54) is 60.2 Å². The molecule has 80 heavy (non-hydrogen) atoms. The Morgan fingerprint density at radius 1 is 0.850 bits per heavy atom. The van der Waals surface area contributed by atoms with Crippen molar-refractivity contribution in [3.8, 4) is 5.75 Å². The molecule has 3 heterocycles. The van der Waals surface area contributed by atoms with Gasteiger partial charge in [0.05, 0.1) is 31.0 Å². The van der Waals surface area contributed by atoms with Crippen LogP contribution in [0.1, 0.15) is 129 Å². The van der Waals surface area contributed by atoms with Crippen LogP contribution in [0.15, 0.2) is 76.3 Å². The molecule has 6 amide bonds. The number of aliphatic hydroxyl groups excluding tert-OH is 6. The summed E-state index contributed by atoms with van der Waals surface area (Å²) < 4.78 is 0. The Kier molecular flexibility index (Phi) is 24.3. The number of rotatable bonds is 22. The molecule has 0 aromatic heterocycles. The average molecular weight is 1140 g/mol. The summed E-state index contributed by atoms with van der Waals surface area (Å²) in [5.74, 6) is -5.01. The number of nitrogens with one attached hydrogen (secondary N) is 4. The minimum absolute atomic E-state index is 0.00396. The highest BCUT2D eigenvalue weighted by atomic mass is 32.2. The van der Waals surface area contributed by atoms with E-state index in [9.17, 15) is 59.7 Å². The number of amides is 6. The van der Waals surface area contributed by atoms with E-state index >= 15 is 4.79 Å². The summed E-state index contributed by atoms with van der Waals surface area (Å²) in [5.41, 5.74) is 5.64. The Morgan fingerprint density at radius 3 is 2.20 bits per heavy atom. The van der Waals surface area contributed by atoms with E-state index < -0.39 is 133 Å². The topological polar surface area (TPSA) is 337 Å². The fourth-order valence-electron chi connectivity index (χ4n) is 11.5. The van der Waals surface area contributed by atoms with E-state index in [1.54, 1.807) is 0 Å². The Labute approximate surface area is 473 Å². The first-order valence-electron chi connectivity index (χ1n) is 28.6. The number of hydrogen-bond donors (Lipinski definition) is 12. The molecule has 6 rings (SSSR count). The van der Waals surface area contributed by atoms with Gasteiger partial charge in [-0.15, -0.1) is 0 Å². The van der Waals surface area contributed by atoms with Gasteiger partial charge in [-0.1, -0.05) is 121 Å². The summed E-state index contributed by atoms with van der Waals surface area (Å²) in [7, 11) is 0. The molecule has 442 valence electrons. The van der Waals surface area contributed by atoms with Crippen LogP contribution in [0.25, 0.3) is 0 Å². The van der Waals surface area contributed by atoms with Gasteiger partial charge in [-0.2, -0.15) is 0 Å². The number of aromatic hydroxyl groups is 1. The van der Waals surface area contributed by atoms with E-state index in [0.29, 0.717) is 35.3 Å². The van der Waals surface area contributed by atoms with Gasteiger partial charge < -0.3 is 72.5 Å². The number of carbonyl (C=O) groups excluding carboxylic acids is 6. The number of carbonyl (C=O) groups is 6. The maximum Gasteiger partial charge on any atom is 0.271 e. The SMILES string of the molecule is CC[C@H](C)C[C@H](C)CCCCCCCCC(=O)N[C@H]1C[C@@H](O)[C@@H](Sc2ccccc2)NC2=CC(C)[C@H]3CCN(C(=O)[C@H]([C@H](O)CCN)NC(=O)[C@H]([C@H](O)[C@@H](O)c4ccc(O)cc4)NC(=O)[C@@H]4C[C@@H](O)CN4C(=O)C(CO)=NC1=O)[C@H]23. The maximum atomic E-state index is 15.1. The summed E-state index contributed by atoms with van der Waals surface area (Å²) in [4.78, 5) is 94.0. The molecule has 22 heteroatoms. The van der Waals surface area contributed by atoms with Gasteiger partial charge >= 0.3 is 0 Å². The maximum absolute atomic E-state index is 15.1. The van der Waals surface area contributed by atoms with Gasteiger partial charge in [-0.05, 0) is 85.7 Å². The predicted molar refractivity (Wildman–Crippen MR) is 301 cm³/mol. The lowest BCUT2D eigenvalue weighted by molar-refractivity contribution is -0.144.